The summed E-state index contributed by atoms with van der Waals surface area (Å²) in [6.07, 6.45) is 9.41. The SMILES string of the molecule is CC/C=C/P1C=CC=CN1. The van der Waals surface area contributed by atoms with Gasteiger partial charge in [0.15, 0.2) is 0 Å². The number of allylic oxidation sites excluding steroid dienone is 3. The lowest BCUT2D eigenvalue weighted by Gasteiger charge is -2.09. The van der Waals surface area contributed by atoms with Crippen molar-refractivity contribution in [2.24, 2.45) is 0 Å². The minimum absolute atomic E-state index is 0.176. The second-order valence-electron chi connectivity index (χ2n) is 2.03. The van der Waals surface area contributed by atoms with E-state index in [2.05, 4.69) is 35.8 Å². The monoisotopic (exact) mass is 153 g/mol. The Kier molecular flexibility index (Phi) is 3.25. The molecule has 0 aromatic rings. The lowest BCUT2D eigenvalue weighted by Crippen LogP contribution is -1.93. The first-order chi connectivity index (χ1) is 4.93. The smallest absolute Gasteiger partial charge is 0.0363 e. The van der Waals surface area contributed by atoms with E-state index in [-0.39, 0.29) is 8.07 Å². The third-order valence-corrected chi connectivity index (χ3v) is 2.65. The van der Waals surface area contributed by atoms with Gasteiger partial charge < -0.3 is 5.09 Å². The van der Waals surface area contributed by atoms with Gasteiger partial charge in [-0.2, -0.15) is 0 Å². The molecule has 1 nitrogen and oxygen atoms in total. The van der Waals surface area contributed by atoms with Gasteiger partial charge in [-0.15, -0.1) is 0 Å². The lowest BCUT2D eigenvalue weighted by molar-refractivity contribution is 1.23. The Morgan fingerprint density at radius 1 is 1.50 bits per heavy atom. The molecule has 0 spiro atoms. The Bertz CT molecular complexity index is 170. The highest BCUT2D eigenvalue weighted by atomic mass is 31.1. The highest BCUT2D eigenvalue weighted by Crippen LogP contribution is 2.35. The summed E-state index contributed by atoms with van der Waals surface area (Å²) in [5.74, 6) is 4.43. The highest BCUT2D eigenvalue weighted by Gasteiger charge is 1.95. The van der Waals surface area contributed by atoms with Gasteiger partial charge in [-0.1, -0.05) is 19.1 Å². The van der Waals surface area contributed by atoms with Crippen molar-refractivity contribution >= 4 is 8.07 Å². The normalized spacial score (nSPS) is 23.5. The van der Waals surface area contributed by atoms with Gasteiger partial charge in [-0.3, -0.25) is 0 Å². The predicted molar refractivity (Wildman–Crippen MR) is 47.8 cm³/mol. The van der Waals surface area contributed by atoms with Crippen LogP contribution in [-0.2, 0) is 0 Å². The van der Waals surface area contributed by atoms with Gasteiger partial charge in [0.1, 0.15) is 0 Å². The lowest BCUT2D eigenvalue weighted by atomic mass is 10.5. The Morgan fingerprint density at radius 2 is 2.40 bits per heavy atom. The van der Waals surface area contributed by atoms with Gasteiger partial charge in [0.05, 0.1) is 0 Å². The highest BCUT2D eigenvalue weighted by molar-refractivity contribution is 7.62. The first kappa shape index (κ1) is 7.56. The molecule has 1 rings (SSSR count). The van der Waals surface area contributed by atoms with Crippen LogP contribution in [0.4, 0.5) is 0 Å². The molecule has 0 amide bonds. The zero-order valence-electron chi connectivity index (χ0n) is 6.12. The van der Waals surface area contributed by atoms with E-state index >= 15 is 0 Å². The van der Waals surface area contributed by atoms with Gasteiger partial charge in [-0.25, -0.2) is 0 Å². The maximum Gasteiger partial charge on any atom is 0.0363 e. The largest absolute Gasteiger partial charge is 0.364 e. The van der Waals surface area contributed by atoms with E-state index in [1.165, 1.54) is 0 Å². The maximum absolute atomic E-state index is 3.26. The molecule has 1 aliphatic rings. The Labute approximate surface area is 63.3 Å². The summed E-state index contributed by atoms with van der Waals surface area (Å²) in [4.78, 5) is 0. The van der Waals surface area contributed by atoms with Crippen LogP contribution < -0.4 is 5.09 Å². The molecule has 0 aromatic heterocycles. The van der Waals surface area contributed by atoms with Gasteiger partial charge in [0.2, 0.25) is 0 Å². The van der Waals surface area contributed by atoms with Crippen LogP contribution in [0.5, 0.6) is 0 Å². The molecule has 0 aliphatic carbocycles. The molecule has 10 heavy (non-hydrogen) atoms. The van der Waals surface area contributed by atoms with Crippen LogP contribution in [0.1, 0.15) is 13.3 Å². The van der Waals surface area contributed by atoms with E-state index in [0.717, 1.165) is 6.42 Å². The molecule has 0 aromatic carbocycles. The molecule has 0 bridgehead atoms. The molecule has 0 fully saturated rings. The fourth-order valence-corrected chi connectivity index (χ4v) is 1.93. The maximum atomic E-state index is 3.26. The third-order valence-electron chi connectivity index (χ3n) is 1.18. The second-order valence-corrected chi connectivity index (χ2v) is 3.70. The van der Waals surface area contributed by atoms with E-state index < -0.39 is 0 Å². The van der Waals surface area contributed by atoms with Crippen LogP contribution in [0, 0.1) is 0 Å². The number of hydrogen-bond donors (Lipinski definition) is 1. The summed E-state index contributed by atoms with van der Waals surface area (Å²) < 4.78 is 0. The average molecular weight is 153 g/mol. The van der Waals surface area contributed by atoms with Crippen molar-refractivity contribution in [1.29, 1.82) is 0 Å². The van der Waals surface area contributed by atoms with E-state index in [1.54, 1.807) is 0 Å². The molecule has 1 heterocycles. The minimum atomic E-state index is -0.176. The number of rotatable bonds is 2. The molecule has 1 unspecified atom stereocenters. The van der Waals surface area contributed by atoms with Crippen molar-refractivity contribution in [2.45, 2.75) is 13.3 Å². The summed E-state index contributed by atoms with van der Waals surface area (Å²) in [5.41, 5.74) is 0. The summed E-state index contributed by atoms with van der Waals surface area (Å²) >= 11 is 0. The second kappa shape index (κ2) is 4.29. The first-order valence-corrected chi connectivity index (χ1v) is 4.96. The zero-order valence-corrected chi connectivity index (χ0v) is 7.01. The summed E-state index contributed by atoms with van der Waals surface area (Å²) in [7, 11) is -0.176. The first-order valence-electron chi connectivity index (χ1n) is 3.48. The standard InChI is InChI=1S/C8H12NP/c1-2-3-7-10-8-5-4-6-9-10/h3-9H,2H2,1H3/b7-3+. The molecular formula is C8H12NP. The van der Waals surface area contributed by atoms with Crippen LogP contribution >= 0.6 is 8.07 Å². The average Bonchev–Trinajstić information content (AvgIpc) is 2.03. The quantitative estimate of drug-likeness (QED) is 0.601. The van der Waals surface area contributed by atoms with Crippen LogP contribution in [-0.4, -0.2) is 0 Å². The Morgan fingerprint density at radius 3 is 3.00 bits per heavy atom. The summed E-state index contributed by atoms with van der Waals surface area (Å²) in [6.45, 7) is 2.15. The van der Waals surface area contributed by atoms with E-state index in [1.807, 2.05) is 12.3 Å². The number of nitrogens with one attached hydrogen (secondary N) is 1. The topological polar surface area (TPSA) is 12.0 Å². The molecule has 2 heteroatoms. The third kappa shape index (κ3) is 2.36. The van der Waals surface area contributed by atoms with E-state index in [4.69, 9.17) is 0 Å². The van der Waals surface area contributed by atoms with Crippen LogP contribution in [0.2, 0.25) is 0 Å². The predicted octanol–water partition coefficient (Wildman–Crippen LogP) is 2.94. The van der Waals surface area contributed by atoms with Crippen molar-refractivity contribution < 1.29 is 0 Å². The van der Waals surface area contributed by atoms with Crippen molar-refractivity contribution in [3.05, 3.63) is 36.1 Å². The van der Waals surface area contributed by atoms with Crippen molar-refractivity contribution in [3.63, 3.8) is 0 Å². The Balaban J connectivity index is 2.36. The van der Waals surface area contributed by atoms with Gasteiger partial charge in [0.25, 0.3) is 0 Å². The molecule has 0 radical (unpaired) electrons. The molecule has 0 saturated heterocycles. The van der Waals surface area contributed by atoms with Gasteiger partial charge >= 0.3 is 0 Å². The van der Waals surface area contributed by atoms with Crippen molar-refractivity contribution in [1.82, 2.24) is 5.09 Å². The van der Waals surface area contributed by atoms with Gasteiger partial charge in [0, 0.05) is 14.3 Å². The van der Waals surface area contributed by atoms with Crippen LogP contribution in [0.3, 0.4) is 0 Å². The molecule has 1 aliphatic heterocycles. The zero-order chi connectivity index (χ0) is 7.23. The molecule has 54 valence electrons. The molecule has 1 N–H and O–H groups in total. The number of hydrogen-bond acceptors (Lipinski definition) is 1. The van der Waals surface area contributed by atoms with Crippen LogP contribution in [0.25, 0.3) is 0 Å². The molecule has 0 saturated carbocycles. The molecular weight excluding hydrogens is 141 g/mol. The fraction of sp³-hybridized carbons (Fsp3) is 0.250. The van der Waals surface area contributed by atoms with E-state index in [0.29, 0.717) is 0 Å². The van der Waals surface area contributed by atoms with Crippen molar-refractivity contribution in [3.8, 4) is 0 Å². The minimum Gasteiger partial charge on any atom is -0.364 e. The van der Waals surface area contributed by atoms with E-state index in [9.17, 15) is 0 Å². The fourth-order valence-electron chi connectivity index (χ4n) is 0.682. The summed E-state index contributed by atoms with van der Waals surface area (Å²) in [5, 5.41) is 3.26. The summed E-state index contributed by atoms with van der Waals surface area (Å²) in [6, 6.07) is 0. The Hall–Kier alpha value is -0.550. The molecule has 1 atom stereocenters. The van der Waals surface area contributed by atoms with Gasteiger partial charge in [-0.05, 0) is 24.1 Å². The van der Waals surface area contributed by atoms with Crippen molar-refractivity contribution in [2.75, 3.05) is 0 Å². The van der Waals surface area contributed by atoms with Crippen LogP contribution in [0.15, 0.2) is 36.1 Å².